The molecule has 6 heteroatoms. The normalized spacial score (nSPS) is 13.9. The van der Waals surface area contributed by atoms with Crippen molar-refractivity contribution >= 4 is 10.0 Å². The number of rotatable bonds is 6. The first-order valence-corrected chi connectivity index (χ1v) is 7.05. The minimum absolute atomic E-state index is 0.00718. The summed E-state index contributed by atoms with van der Waals surface area (Å²) in [6.45, 7) is 1.68. The summed E-state index contributed by atoms with van der Waals surface area (Å²) in [5, 5.41) is 9.15. The molecule has 1 aromatic heterocycles. The SMILES string of the molecule is CC(O)CN(C)S(=O)(=O)CCc1ccccn1. The van der Waals surface area contributed by atoms with Gasteiger partial charge in [-0.2, -0.15) is 0 Å². The molecule has 1 heterocycles. The molecule has 1 N–H and O–H groups in total. The Morgan fingerprint density at radius 2 is 2.18 bits per heavy atom. The molecule has 0 radical (unpaired) electrons. The average Bonchev–Trinajstić information content (AvgIpc) is 2.27. The molecule has 1 unspecified atom stereocenters. The van der Waals surface area contributed by atoms with Crippen molar-refractivity contribution in [2.75, 3.05) is 19.3 Å². The van der Waals surface area contributed by atoms with Crippen molar-refractivity contribution in [3.63, 3.8) is 0 Å². The molecule has 0 amide bonds. The second-order valence-electron chi connectivity index (χ2n) is 4.02. The van der Waals surface area contributed by atoms with E-state index in [9.17, 15) is 8.42 Å². The lowest BCUT2D eigenvalue weighted by atomic mass is 10.3. The summed E-state index contributed by atoms with van der Waals surface area (Å²) in [6, 6.07) is 5.41. The Bertz CT molecular complexity index is 431. The molecule has 0 aliphatic carbocycles. The summed E-state index contributed by atoms with van der Waals surface area (Å²) in [5.41, 5.74) is 0.751. The van der Waals surface area contributed by atoms with Crippen LogP contribution in [0.15, 0.2) is 24.4 Å². The van der Waals surface area contributed by atoms with Crippen LogP contribution in [0.1, 0.15) is 12.6 Å². The Hall–Kier alpha value is -0.980. The summed E-state index contributed by atoms with van der Waals surface area (Å²) in [4.78, 5) is 4.07. The van der Waals surface area contributed by atoms with E-state index in [0.717, 1.165) is 5.69 Å². The highest BCUT2D eigenvalue weighted by Gasteiger charge is 2.19. The first-order valence-electron chi connectivity index (χ1n) is 5.44. The molecule has 0 saturated heterocycles. The number of nitrogens with zero attached hydrogens (tertiary/aromatic N) is 2. The molecule has 0 aliphatic heterocycles. The van der Waals surface area contributed by atoms with E-state index >= 15 is 0 Å². The van der Waals surface area contributed by atoms with Gasteiger partial charge in [-0.1, -0.05) is 6.07 Å². The van der Waals surface area contributed by atoms with E-state index in [2.05, 4.69) is 4.98 Å². The first kappa shape index (κ1) is 14.1. The second-order valence-corrected chi connectivity index (χ2v) is 6.21. The number of pyridine rings is 1. The predicted molar refractivity (Wildman–Crippen MR) is 66.0 cm³/mol. The molecule has 0 aliphatic rings. The highest BCUT2D eigenvalue weighted by atomic mass is 32.2. The lowest BCUT2D eigenvalue weighted by Crippen LogP contribution is -2.35. The van der Waals surface area contributed by atoms with Gasteiger partial charge in [-0.05, 0) is 19.1 Å². The summed E-state index contributed by atoms with van der Waals surface area (Å²) < 4.78 is 24.8. The lowest BCUT2D eigenvalue weighted by molar-refractivity contribution is 0.171. The third kappa shape index (κ3) is 4.80. The maximum Gasteiger partial charge on any atom is 0.214 e. The van der Waals surface area contributed by atoms with Crippen molar-refractivity contribution in [2.24, 2.45) is 0 Å². The number of aromatic nitrogens is 1. The molecule has 0 fully saturated rings. The zero-order valence-corrected chi connectivity index (χ0v) is 10.9. The minimum Gasteiger partial charge on any atom is -0.392 e. The number of likely N-dealkylation sites (N-methyl/N-ethyl adjacent to an activating group) is 1. The van der Waals surface area contributed by atoms with E-state index < -0.39 is 16.1 Å². The van der Waals surface area contributed by atoms with Crippen LogP contribution >= 0.6 is 0 Å². The fourth-order valence-electron chi connectivity index (χ4n) is 1.42. The number of hydrogen-bond donors (Lipinski definition) is 1. The summed E-state index contributed by atoms with van der Waals surface area (Å²) >= 11 is 0. The first-order chi connectivity index (χ1) is 7.92. The van der Waals surface area contributed by atoms with Crippen LogP contribution in [0.25, 0.3) is 0 Å². The van der Waals surface area contributed by atoms with Crippen LogP contribution in [0, 0.1) is 0 Å². The van der Waals surface area contributed by atoms with Gasteiger partial charge in [-0.3, -0.25) is 4.98 Å². The highest BCUT2D eigenvalue weighted by Crippen LogP contribution is 2.04. The van der Waals surface area contributed by atoms with Crippen molar-refractivity contribution in [1.29, 1.82) is 0 Å². The number of sulfonamides is 1. The molecule has 0 bridgehead atoms. The molecular formula is C11H18N2O3S. The molecule has 1 rings (SSSR count). The van der Waals surface area contributed by atoms with Crippen molar-refractivity contribution in [3.05, 3.63) is 30.1 Å². The van der Waals surface area contributed by atoms with Gasteiger partial charge in [-0.25, -0.2) is 12.7 Å². The van der Waals surface area contributed by atoms with Crippen LogP contribution < -0.4 is 0 Å². The summed E-state index contributed by atoms with van der Waals surface area (Å²) in [7, 11) is -1.85. The number of hydrogen-bond acceptors (Lipinski definition) is 4. The minimum atomic E-state index is -3.32. The van der Waals surface area contributed by atoms with E-state index in [4.69, 9.17) is 5.11 Å². The Morgan fingerprint density at radius 1 is 1.47 bits per heavy atom. The van der Waals surface area contributed by atoms with Gasteiger partial charge in [0.25, 0.3) is 0 Å². The summed E-state index contributed by atoms with van der Waals surface area (Å²) in [6.07, 6.45) is 1.36. The average molecular weight is 258 g/mol. The van der Waals surface area contributed by atoms with Crippen molar-refractivity contribution < 1.29 is 13.5 Å². The van der Waals surface area contributed by atoms with Crippen LogP contribution in [0.3, 0.4) is 0 Å². The van der Waals surface area contributed by atoms with Crippen LogP contribution in [0.4, 0.5) is 0 Å². The Balaban J connectivity index is 2.56. The number of aliphatic hydroxyl groups excluding tert-OH is 1. The standard InChI is InChI=1S/C11H18N2O3S/c1-10(14)9-13(2)17(15,16)8-6-11-5-3-4-7-12-11/h3-5,7,10,14H,6,8-9H2,1-2H3. The zero-order chi connectivity index (χ0) is 12.9. The van der Waals surface area contributed by atoms with Gasteiger partial charge < -0.3 is 5.11 Å². The maximum atomic E-state index is 11.8. The Morgan fingerprint density at radius 3 is 2.71 bits per heavy atom. The van der Waals surface area contributed by atoms with Gasteiger partial charge in [-0.15, -0.1) is 0 Å². The van der Waals surface area contributed by atoms with Crippen molar-refractivity contribution in [2.45, 2.75) is 19.4 Å². The largest absolute Gasteiger partial charge is 0.392 e. The number of aliphatic hydroxyl groups is 1. The molecule has 96 valence electrons. The van der Waals surface area contributed by atoms with Crippen LogP contribution in [0.5, 0.6) is 0 Å². The van der Waals surface area contributed by atoms with Crippen molar-refractivity contribution in [3.8, 4) is 0 Å². The van der Waals surface area contributed by atoms with Gasteiger partial charge in [0.1, 0.15) is 0 Å². The van der Waals surface area contributed by atoms with Gasteiger partial charge in [0.15, 0.2) is 0 Å². The quantitative estimate of drug-likeness (QED) is 0.795. The lowest BCUT2D eigenvalue weighted by Gasteiger charge is -2.18. The molecule has 0 aromatic carbocycles. The van der Waals surface area contributed by atoms with Gasteiger partial charge in [0, 0.05) is 31.9 Å². The molecule has 17 heavy (non-hydrogen) atoms. The molecule has 0 spiro atoms. The molecule has 1 aromatic rings. The third-order valence-electron chi connectivity index (χ3n) is 2.34. The van der Waals surface area contributed by atoms with E-state index in [1.807, 2.05) is 6.07 Å². The fraction of sp³-hybridized carbons (Fsp3) is 0.545. The molecule has 0 saturated carbocycles. The van der Waals surface area contributed by atoms with Crippen LogP contribution in [-0.2, 0) is 16.4 Å². The number of aryl methyl sites for hydroxylation is 1. The summed E-state index contributed by atoms with van der Waals surface area (Å²) in [5.74, 6) is 0.00718. The third-order valence-corrected chi connectivity index (χ3v) is 4.16. The fourth-order valence-corrected chi connectivity index (χ4v) is 2.64. The topological polar surface area (TPSA) is 70.5 Å². The monoisotopic (exact) mass is 258 g/mol. The Kier molecular flexibility index (Phi) is 5.04. The van der Waals surface area contributed by atoms with Crippen LogP contribution in [0.2, 0.25) is 0 Å². The molecule has 1 atom stereocenters. The predicted octanol–water partition coefficient (Wildman–Crippen LogP) is 0.266. The van der Waals surface area contributed by atoms with E-state index in [1.54, 1.807) is 25.3 Å². The van der Waals surface area contributed by atoms with E-state index in [0.29, 0.717) is 6.42 Å². The molecule has 5 nitrogen and oxygen atoms in total. The van der Waals surface area contributed by atoms with Gasteiger partial charge in [0.2, 0.25) is 10.0 Å². The van der Waals surface area contributed by atoms with E-state index in [-0.39, 0.29) is 12.3 Å². The second kappa shape index (κ2) is 6.09. The maximum absolute atomic E-state index is 11.8. The Labute approximate surface area is 102 Å². The van der Waals surface area contributed by atoms with Crippen LogP contribution in [-0.4, -0.2) is 48.3 Å². The molecular weight excluding hydrogens is 240 g/mol. The van der Waals surface area contributed by atoms with Gasteiger partial charge >= 0.3 is 0 Å². The highest BCUT2D eigenvalue weighted by molar-refractivity contribution is 7.89. The zero-order valence-electron chi connectivity index (χ0n) is 10.1. The smallest absolute Gasteiger partial charge is 0.214 e. The van der Waals surface area contributed by atoms with E-state index in [1.165, 1.54) is 11.4 Å². The van der Waals surface area contributed by atoms with Crippen molar-refractivity contribution in [1.82, 2.24) is 9.29 Å². The van der Waals surface area contributed by atoms with Gasteiger partial charge in [0.05, 0.1) is 11.9 Å².